The van der Waals surface area contributed by atoms with Crippen molar-refractivity contribution in [2.24, 2.45) is 7.05 Å². The van der Waals surface area contributed by atoms with Crippen LogP contribution in [0, 0.1) is 0 Å². The van der Waals surface area contributed by atoms with E-state index in [9.17, 15) is 0 Å². The maximum Gasteiger partial charge on any atom is 0.130 e. The molecule has 0 aliphatic carbocycles. The summed E-state index contributed by atoms with van der Waals surface area (Å²) in [6, 6.07) is 10.2. The highest BCUT2D eigenvalue weighted by molar-refractivity contribution is 9.08. The van der Waals surface area contributed by atoms with Gasteiger partial charge in [-0.25, -0.2) is 0 Å². The van der Waals surface area contributed by atoms with E-state index in [0.717, 1.165) is 28.9 Å². The van der Waals surface area contributed by atoms with Crippen LogP contribution in [0.1, 0.15) is 23.9 Å². The Hall–Kier alpha value is -1.29. The summed E-state index contributed by atoms with van der Waals surface area (Å²) < 4.78 is 7.67. The van der Waals surface area contributed by atoms with Gasteiger partial charge in [0.15, 0.2) is 0 Å². The van der Waals surface area contributed by atoms with Gasteiger partial charge in [0.1, 0.15) is 12.4 Å². The van der Waals surface area contributed by atoms with Crippen molar-refractivity contribution in [3.63, 3.8) is 0 Å². The Kier molecular flexibility index (Phi) is 4.42. The standard InChI is InChI=1S/C14H17BrN2O/c1-3-12-8-13(17(2)16-12)10-18-14-6-4-5-11(7-14)9-15/h4-8H,3,9-10H2,1-2H3. The van der Waals surface area contributed by atoms with Crippen molar-refractivity contribution in [2.45, 2.75) is 25.3 Å². The largest absolute Gasteiger partial charge is 0.487 e. The van der Waals surface area contributed by atoms with Crippen LogP contribution < -0.4 is 4.74 Å². The minimum Gasteiger partial charge on any atom is -0.487 e. The third-order valence-electron chi connectivity index (χ3n) is 2.83. The predicted octanol–water partition coefficient (Wildman–Crippen LogP) is 3.46. The molecule has 0 aliphatic heterocycles. The first-order valence-corrected chi connectivity index (χ1v) is 7.14. The Balaban J connectivity index is 2.03. The predicted molar refractivity (Wildman–Crippen MR) is 76.0 cm³/mol. The van der Waals surface area contributed by atoms with Crippen molar-refractivity contribution in [3.05, 3.63) is 47.3 Å². The minimum atomic E-state index is 0.551. The molecule has 0 N–H and O–H groups in total. The average molecular weight is 309 g/mol. The van der Waals surface area contributed by atoms with Crippen LogP contribution in [-0.4, -0.2) is 9.78 Å². The van der Waals surface area contributed by atoms with E-state index < -0.39 is 0 Å². The van der Waals surface area contributed by atoms with Gasteiger partial charge in [-0.15, -0.1) is 0 Å². The first-order valence-electron chi connectivity index (χ1n) is 6.02. The summed E-state index contributed by atoms with van der Waals surface area (Å²) in [6.45, 7) is 2.65. The highest BCUT2D eigenvalue weighted by atomic mass is 79.9. The summed E-state index contributed by atoms with van der Waals surface area (Å²) in [6.07, 6.45) is 0.951. The lowest BCUT2D eigenvalue weighted by Crippen LogP contribution is -2.03. The summed E-state index contributed by atoms with van der Waals surface area (Å²) in [5.41, 5.74) is 3.41. The highest BCUT2D eigenvalue weighted by Gasteiger charge is 2.04. The van der Waals surface area contributed by atoms with E-state index in [1.54, 1.807) is 0 Å². The topological polar surface area (TPSA) is 27.1 Å². The maximum absolute atomic E-state index is 5.79. The third-order valence-corrected chi connectivity index (χ3v) is 3.48. The van der Waals surface area contributed by atoms with Crippen LogP contribution in [0.4, 0.5) is 0 Å². The summed E-state index contributed by atoms with van der Waals surface area (Å²) in [4.78, 5) is 0. The molecule has 0 fully saturated rings. The van der Waals surface area contributed by atoms with Gasteiger partial charge in [0.2, 0.25) is 0 Å². The first-order chi connectivity index (χ1) is 8.72. The zero-order chi connectivity index (χ0) is 13.0. The van der Waals surface area contributed by atoms with Gasteiger partial charge in [-0.1, -0.05) is 35.0 Å². The van der Waals surface area contributed by atoms with Gasteiger partial charge in [0, 0.05) is 12.4 Å². The fourth-order valence-corrected chi connectivity index (χ4v) is 2.10. The number of hydrogen-bond donors (Lipinski definition) is 0. The van der Waals surface area contributed by atoms with E-state index in [2.05, 4.69) is 40.1 Å². The van der Waals surface area contributed by atoms with Gasteiger partial charge in [-0.05, 0) is 30.2 Å². The number of aromatic nitrogens is 2. The monoisotopic (exact) mass is 308 g/mol. The molecule has 4 heteroatoms. The van der Waals surface area contributed by atoms with Gasteiger partial charge in [-0.3, -0.25) is 4.68 Å². The SMILES string of the molecule is CCc1cc(COc2cccc(CBr)c2)n(C)n1. The van der Waals surface area contributed by atoms with Crippen LogP contribution in [0.2, 0.25) is 0 Å². The van der Waals surface area contributed by atoms with E-state index in [1.807, 2.05) is 29.9 Å². The van der Waals surface area contributed by atoms with Crippen LogP contribution in [0.5, 0.6) is 5.75 Å². The smallest absolute Gasteiger partial charge is 0.130 e. The Bertz CT molecular complexity index is 522. The van der Waals surface area contributed by atoms with Crippen molar-refractivity contribution in [2.75, 3.05) is 0 Å². The number of alkyl halides is 1. The lowest BCUT2D eigenvalue weighted by atomic mass is 10.2. The molecule has 18 heavy (non-hydrogen) atoms. The Morgan fingerprint density at radius 2 is 2.17 bits per heavy atom. The van der Waals surface area contributed by atoms with E-state index in [-0.39, 0.29) is 0 Å². The molecule has 0 bridgehead atoms. The van der Waals surface area contributed by atoms with Crippen molar-refractivity contribution in [3.8, 4) is 5.75 Å². The van der Waals surface area contributed by atoms with Crippen LogP contribution in [0.3, 0.4) is 0 Å². The van der Waals surface area contributed by atoms with Gasteiger partial charge in [0.05, 0.1) is 11.4 Å². The summed E-state index contributed by atoms with van der Waals surface area (Å²) in [5.74, 6) is 0.895. The zero-order valence-electron chi connectivity index (χ0n) is 10.7. The molecule has 1 aromatic heterocycles. The number of benzene rings is 1. The number of aryl methyl sites for hydroxylation is 2. The molecule has 0 amide bonds. The normalized spacial score (nSPS) is 10.6. The molecule has 0 atom stereocenters. The molecule has 0 aliphatic rings. The van der Waals surface area contributed by atoms with Gasteiger partial charge >= 0.3 is 0 Å². The minimum absolute atomic E-state index is 0.551. The molecule has 2 aromatic rings. The number of rotatable bonds is 5. The summed E-state index contributed by atoms with van der Waals surface area (Å²) in [5, 5.41) is 5.25. The Labute approximate surface area is 116 Å². The van der Waals surface area contributed by atoms with Gasteiger partial charge in [0.25, 0.3) is 0 Å². The second-order valence-electron chi connectivity index (χ2n) is 4.17. The molecule has 3 nitrogen and oxygen atoms in total. The highest BCUT2D eigenvalue weighted by Crippen LogP contribution is 2.17. The van der Waals surface area contributed by atoms with E-state index in [1.165, 1.54) is 5.56 Å². The molecule has 0 saturated carbocycles. The summed E-state index contributed by atoms with van der Waals surface area (Å²) >= 11 is 3.44. The fraction of sp³-hybridized carbons (Fsp3) is 0.357. The second-order valence-corrected chi connectivity index (χ2v) is 4.73. The van der Waals surface area contributed by atoms with Crippen LogP contribution >= 0.6 is 15.9 Å². The van der Waals surface area contributed by atoms with E-state index in [0.29, 0.717) is 6.61 Å². The number of ether oxygens (including phenoxy) is 1. The first kappa shape index (κ1) is 13.1. The molecule has 2 rings (SSSR count). The summed E-state index contributed by atoms with van der Waals surface area (Å²) in [7, 11) is 1.95. The molecule has 1 aromatic carbocycles. The quantitative estimate of drug-likeness (QED) is 0.791. The lowest BCUT2D eigenvalue weighted by Gasteiger charge is -2.07. The molecule has 0 radical (unpaired) electrons. The second kappa shape index (κ2) is 6.05. The fourth-order valence-electron chi connectivity index (χ4n) is 1.76. The molecule has 0 unspecified atom stereocenters. The number of halogens is 1. The van der Waals surface area contributed by atoms with Crippen LogP contribution in [0.15, 0.2) is 30.3 Å². The van der Waals surface area contributed by atoms with Gasteiger partial charge < -0.3 is 4.74 Å². The van der Waals surface area contributed by atoms with Gasteiger partial charge in [-0.2, -0.15) is 5.10 Å². The van der Waals surface area contributed by atoms with E-state index in [4.69, 9.17) is 4.74 Å². The zero-order valence-corrected chi connectivity index (χ0v) is 12.3. The van der Waals surface area contributed by atoms with Crippen LogP contribution in [0.25, 0.3) is 0 Å². The molecule has 96 valence electrons. The lowest BCUT2D eigenvalue weighted by molar-refractivity contribution is 0.294. The molecule has 0 saturated heterocycles. The molecule has 0 spiro atoms. The van der Waals surface area contributed by atoms with Crippen molar-refractivity contribution >= 4 is 15.9 Å². The Morgan fingerprint density at radius 1 is 1.33 bits per heavy atom. The Morgan fingerprint density at radius 3 is 2.83 bits per heavy atom. The molecule has 1 heterocycles. The molecular weight excluding hydrogens is 292 g/mol. The number of hydrogen-bond acceptors (Lipinski definition) is 2. The molecular formula is C14H17BrN2O. The van der Waals surface area contributed by atoms with E-state index >= 15 is 0 Å². The van der Waals surface area contributed by atoms with Crippen LogP contribution in [-0.2, 0) is 25.4 Å². The number of nitrogens with zero attached hydrogens (tertiary/aromatic N) is 2. The van der Waals surface area contributed by atoms with Crippen molar-refractivity contribution in [1.29, 1.82) is 0 Å². The maximum atomic E-state index is 5.79. The van der Waals surface area contributed by atoms with Crippen molar-refractivity contribution < 1.29 is 4.74 Å². The third kappa shape index (κ3) is 3.13. The van der Waals surface area contributed by atoms with Crippen molar-refractivity contribution in [1.82, 2.24) is 9.78 Å². The average Bonchev–Trinajstić information content (AvgIpc) is 2.77.